The minimum atomic E-state index is -1.58. The van der Waals surface area contributed by atoms with Gasteiger partial charge in [0.15, 0.2) is 0 Å². The third kappa shape index (κ3) is 5.53. The molecule has 0 amide bonds. The van der Waals surface area contributed by atoms with E-state index in [4.69, 9.17) is 39.5 Å². The van der Waals surface area contributed by atoms with Crippen LogP contribution in [-0.2, 0) is 9.53 Å². The summed E-state index contributed by atoms with van der Waals surface area (Å²) in [5.74, 6) is 1.29. The van der Waals surface area contributed by atoms with E-state index >= 15 is 0 Å². The number of hydrogen-bond acceptors (Lipinski definition) is 2. The van der Waals surface area contributed by atoms with Crippen LogP contribution in [0.3, 0.4) is 0 Å². The molecule has 2 aliphatic carbocycles. The van der Waals surface area contributed by atoms with Gasteiger partial charge >= 0.3 is 5.97 Å². The van der Waals surface area contributed by atoms with Crippen LogP contribution in [0.5, 0.6) is 0 Å². The van der Waals surface area contributed by atoms with Gasteiger partial charge in [-0.25, -0.2) is 0 Å². The molecule has 4 atom stereocenters. The second-order valence-electron chi connectivity index (χ2n) is 7.63. The Kier molecular flexibility index (Phi) is 7.21. The number of ether oxygens (including phenoxy) is 1. The highest BCUT2D eigenvalue weighted by Crippen LogP contribution is 2.47. The zero-order chi connectivity index (χ0) is 18.7. The first kappa shape index (κ1) is 20.8. The molecular weight excluding hydrogens is 458 g/mol. The van der Waals surface area contributed by atoms with E-state index in [1.807, 2.05) is 24.3 Å². The Morgan fingerprint density at radius 3 is 2.38 bits per heavy atom. The van der Waals surface area contributed by atoms with Gasteiger partial charge in [-0.1, -0.05) is 88.5 Å². The summed E-state index contributed by atoms with van der Waals surface area (Å²) in [5.41, 5.74) is 0.988. The Bertz CT molecular complexity index is 614. The van der Waals surface area contributed by atoms with Gasteiger partial charge in [-0.2, -0.15) is 0 Å². The zero-order valence-electron chi connectivity index (χ0n) is 14.6. The molecule has 0 heterocycles. The predicted molar refractivity (Wildman–Crippen MR) is 111 cm³/mol. The van der Waals surface area contributed by atoms with Crippen molar-refractivity contribution in [3.63, 3.8) is 0 Å². The van der Waals surface area contributed by atoms with E-state index in [9.17, 15) is 4.79 Å². The lowest BCUT2D eigenvalue weighted by Crippen LogP contribution is -2.34. The maximum Gasteiger partial charge on any atom is 0.313 e. The highest BCUT2D eigenvalue weighted by Gasteiger charge is 2.39. The highest BCUT2D eigenvalue weighted by atomic mass is 79.9. The summed E-state index contributed by atoms with van der Waals surface area (Å²) in [6.07, 6.45) is 8.66. The van der Waals surface area contributed by atoms with Crippen molar-refractivity contribution in [3.8, 4) is 0 Å². The normalized spacial score (nSPS) is 27.5. The van der Waals surface area contributed by atoms with Crippen molar-refractivity contribution in [2.45, 2.75) is 54.7 Å². The third-order valence-corrected chi connectivity index (χ3v) is 6.77. The van der Waals surface area contributed by atoms with Crippen LogP contribution in [0.15, 0.2) is 28.7 Å². The molecule has 0 aromatic heterocycles. The second kappa shape index (κ2) is 9.03. The SMILES string of the molecule is O=C(OCC(Cl)(Cl)Cl)[C@@H](c1ccc(Br)cc1)[C@H]1CCC2CCCCC2C1. The molecule has 1 aromatic rings. The summed E-state index contributed by atoms with van der Waals surface area (Å²) in [7, 11) is 0. The van der Waals surface area contributed by atoms with Gasteiger partial charge in [0.2, 0.25) is 3.79 Å². The lowest BCUT2D eigenvalue weighted by molar-refractivity contribution is -0.147. The topological polar surface area (TPSA) is 26.3 Å². The van der Waals surface area contributed by atoms with E-state index < -0.39 is 3.79 Å². The van der Waals surface area contributed by atoms with Crippen LogP contribution in [0.1, 0.15) is 56.4 Å². The smallest absolute Gasteiger partial charge is 0.313 e. The van der Waals surface area contributed by atoms with Crippen molar-refractivity contribution in [2.75, 3.05) is 6.61 Å². The average Bonchev–Trinajstić information content (AvgIpc) is 2.61. The first-order valence-corrected chi connectivity index (χ1v) is 11.2. The molecule has 0 radical (unpaired) electrons. The Morgan fingerprint density at radius 1 is 1.08 bits per heavy atom. The van der Waals surface area contributed by atoms with Gasteiger partial charge in [-0.3, -0.25) is 4.79 Å². The molecule has 0 spiro atoms. The van der Waals surface area contributed by atoms with Gasteiger partial charge in [0.25, 0.3) is 0 Å². The predicted octanol–water partition coefficient (Wildman–Crippen LogP) is 7.05. The monoisotopic (exact) mass is 480 g/mol. The summed E-state index contributed by atoms with van der Waals surface area (Å²) in [6.45, 7) is -0.220. The fourth-order valence-corrected chi connectivity index (χ4v) is 5.15. The number of carbonyl (C=O) groups excluding carboxylic acids is 1. The first-order chi connectivity index (χ1) is 12.3. The third-order valence-electron chi connectivity index (χ3n) is 5.91. The Balaban J connectivity index is 1.78. The number of fused-ring (bicyclic) bond motifs is 1. The van der Waals surface area contributed by atoms with Gasteiger partial charge in [-0.05, 0) is 54.7 Å². The Labute approximate surface area is 179 Å². The number of carbonyl (C=O) groups is 1. The number of hydrogen-bond donors (Lipinski definition) is 0. The summed E-state index contributed by atoms with van der Waals surface area (Å²) in [5, 5.41) is 0. The lowest BCUT2D eigenvalue weighted by Gasteiger charge is -2.41. The molecule has 2 nitrogen and oxygen atoms in total. The van der Waals surface area contributed by atoms with Gasteiger partial charge < -0.3 is 4.74 Å². The van der Waals surface area contributed by atoms with Crippen LogP contribution in [0.4, 0.5) is 0 Å². The number of esters is 1. The van der Waals surface area contributed by atoms with Gasteiger partial charge in [0.05, 0.1) is 5.92 Å². The van der Waals surface area contributed by atoms with Gasteiger partial charge in [-0.15, -0.1) is 0 Å². The second-order valence-corrected chi connectivity index (χ2v) is 11.1. The quantitative estimate of drug-likeness (QED) is 0.339. The standard InChI is InChI=1S/C20H24BrCl3O2/c21-17-9-7-14(8-10-17)18(19(25)26-12-20(22,23)24)16-6-5-13-3-1-2-4-15(13)11-16/h7-10,13,15-16,18H,1-6,11-12H2/t13?,15?,16-,18-/m0/s1. The summed E-state index contributed by atoms with van der Waals surface area (Å²) < 4.78 is 4.80. The number of halogens is 4. The van der Waals surface area contributed by atoms with Crippen LogP contribution >= 0.6 is 50.7 Å². The molecule has 26 heavy (non-hydrogen) atoms. The average molecular weight is 483 g/mol. The van der Waals surface area contributed by atoms with Crippen molar-refractivity contribution in [3.05, 3.63) is 34.3 Å². The summed E-state index contributed by atoms with van der Waals surface area (Å²) in [4.78, 5) is 12.9. The molecule has 0 aliphatic heterocycles. The molecule has 0 saturated heterocycles. The van der Waals surface area contributed by atoms with E-state index in [-0.39, 0.29) is 18.5 Å². The molecular formula is C20H24BrCl3O2. The highest BCUT2D eigenvalue weighted by molar-refractivity contribution is 9.10. The van der Waals surface area contributed by atoms with E-state index in [0.717, 1.165) is 34.7 Å². The minimum absolute atomic E-state index is 0.220. The molecule has 144 valence electrons. The molecule has 2 saturated carbocycles. The van der Waals surface area contributed by atoms with Crippen LogP contribution in [0, 0.1) is 17.8 Å². The van der Waals surface area contributed by atoms with E-state index in [1.54, 1.807) is 0 Å². The van der Waals surface area contributed by atoms with Crippen LogP contribution in [-0.4, -0.2) is 16.4 Å². The fourth-order valence-electron chi connectivity index (χ4n) is 4.73. The fraction of sp³-hybridized carbons (Fsp3) is 0.650. The molecule has 3 rings (SSSR count). The molecule has 0 bridgehead atoms. The molecule has 6 heteroatoms. The van der Waals surface area contributed by atoms with Crippen molar-refractivity contribution in [1.82, 2.24) is 0 Å². The summed E-state index contributed by atoms with van der Waals surface area (Å²) >= 11 is 20.8. The van der Waals surface area contributed by atoms with Crippen molar-refractivity contribution < 1.29 is 9.53 Å². The largest absolute Gasteiger partial charge is 0.461 e. The molecule has 0 N–H and O–H groups in total. The molecule has 1 aromatic carbocycles. The number of alkyl halides is 3. The number of benzene rings is 1. The van der Waals surface area contributed by atoms with E-state index in [0.29, 0.717) is 5.92 Å². The Hall–Kier alpha value is 0.0400. The van der Waals surface area contributed by atoms with Crippen LogP contribution in [0.25, 0.3) is 0 Å². The van der Waals surface area contributed by atoms with E-state index in [2.05, 4.69) is 15.9 Å². The van der Waals surface area contributed by atoms with Crippen molar-refractivity contribution >= 4 is 56.7 Å². The zero-order valence-corrected chi connectivity index (χ0v) is 18.5. The van der Waals surface area contributed by atoms with Gasteiger partial charge in [0, 0.05) is 4.47 Å². The van der Waals surface area contributed by atoms with E-state index in [1.165, 1.54) is 32.1 Å². The molecule has 2 fully saturated rings. The van der Waals surface area contributed by atoms with Gasteiger partial charge in [0.1, 0.15) is 6.61 Å². The summed E-state index contributed by atoms with van der Waals surface area (Å²) in [6, 6.07) is 7.93. The minimum Gasteiger partial charge on any atom is -0.461 e. The van der Waals surface area contributed by atoms with Crippen molar-refractivity contribution in [1.29, 1.82) is 0 Å². The first-order valence-electron chi connectivity index (χ1n) is 9.32. The molecule has 2 unspecified atom stereocenters. The Morgan fingerprint density at radius 2 is 1.73 bits per heavy atom. The maximum absolute atomic E-state index is 12.9. The number of rotatable bonds is 4. The van der Waals surface area contributed by atoms with Crippen LogP contribution < -0.4 is 0 Å². The van der Waals surface area contributed by atoms with Crippen molar-refractivity contribution in [2.24, 2.45) is 17.8 Å². The lowest BCUT2D eigenvalue weighted by atomic mass is 9.64. The molecule has 2 aliphatic rings. The maximum atomic E-state index is 12.9. The van der Waals surface area contributed by atoms with Crippen LogP contribution in [0.2, 0.25) is 0 Å².